The molecular formula is C8H15N2O2+. The van der Waals surface area contributed by atoms with Crippen molar-refractivity contribution in [2.24, 2.45) is 0 Å². The Morgan fingerprint density at radius 2 is 2.25 bits per heavy atom. The van der Waals surface area contributed by atoms with Gasteiger partial charge in [0, 0.05) is 0 Å². The van der Waals surface area contributed by atoms with Crippen molar-refractivity contribution in [2.45, 2.75) is 12.8 Å². The Morgan fingerprint density at radius 1 is 1.58 bits per heavy atom. The Morgan fingerprint density at radius 3 is 2.83 bits per heavy atom. The van der Waals surface area contributed by atoms with Gasteiger partial charge in [-0.2, -0.15) is 0 Å². The van der Waals surface area contributed by atoms with Crippen molar-refractivity contribution < 1.29 is 14.5 Å². The van der Waals surface area contributed by atoms with Crippen LogP contribution in [0.4, 0.5) is 0 Å². The second kappa shape index (κ2) is 3.56. The normalized spacial score (nSPS) is 19.3. The van der Waals surface area contributed by atoms with Gasteiger partial charge in [0.2, 0.25) is 0 Å². The lowest BCUT2D eigenvalue weighted by Crippen LogP contribution is -2.39. The lowest BCUT2D eigenvalue weighted by atomic mass is 10.3. The van der Waals surface area contributed by atoms with E-state index in [4.69, 9.17) is 5.11 Å². The molecule has 0 aliphatic carbocycles. The molecular weight excluding hydrogens is 156 g/mol. The molecule has 0 saturated heterocycles. The molecule has 4 nitrogen and oxygen atoms in total. The standard InChI is InChI=1S/C8H14N2O2/c1-9-5-3-4-6-10(2)7(9)8(11)12/h3-6H2,1-2H3/p+1. The number of carbonyl (C=O) groups is 1. The van der Waals surface area contributed by atoms with Crippen LogP contribution in [0.5, 0.6) is 0 Å². The monoisotopic (exact) mass is 171 g/mol. The summed E-state index contributed by atoms with van der Waals surface area (Å²) in [4.78, 5) is 12.6. The third-order valence-electron chi connectivity index (χ3n) is 2.15. The van der Waals surface area contributed by atoms with Crippen molar-refractivity contribution >= 4 is 11.8 Å². The number of hydrogen-bond acceptors (Lipinski definition) is 2. The van der Waals surface area contributed by atoms with Gasteiger partial charge in [-0.15, -0.1) is 0 Å². The van der Waals surface area contributed by atoms with E-state index in [-0.39, 0.29) is 0 Å². The molecule has 1 rings (SSSR count). The SMILES string of the molecule is CN1CCCC[N+](C)=C1C(=O)O. The molecule has 0 bridgehead atoms. The lowest BCUT2D eigenvalue weighted by Gasteiger charge is -2.09. The second-order valence-electron chi connectivity index (χ2n) is 3.18. The van der Waals surface area contributed by atoms with Crippen LogP contribution in [0.3, 0.4) is 0 Å². The molecule has 68 valence electrons. The largest absolute Gasteiger partial charge is 0.472 e. The van der Waals surface area contributed by atoms with Crippen molar-refractivity contribution in [1.82, 2.24) is 4.90 Å². The van der Waals surface area contributed by atoms with E-state index in [1.807, 2.05) is 14.1 Å². The smallest absolute Gasteiger partial charge is 0.418 e. The van der Waals surface area contributed by atoms with Crippen LogP contribution < -0.4 is 0 Å². The summed E-state index contributed by atoms with van der Waals surface area (Å²) < 4.78 is 1.80. The first-order valence-electron chi connectivity index (χ1n) is 4.15. The Balaban J connectivity index is 2.91. The van der Waals surface area contributed by atoms with Crippen LogP contribution in [0.15, 0.2) is 0 Å². The highest BCUT2D eigenvalue weighted by Gasteiger charge is 2.27. The van der Waals surface area contributed by atoms with Crippen molar-refractivity contribution in [3.8, 4) is 0 Å². The van der Waals surface area contributed by atoms with Gasteiger partial charge in [-0.05, 0) is 12.8 Å². The Hall–Kier alpha value is -1.06. The lowest BCUT2D eigenvalue weighted by molar-refractivity contribution is -0.500. The molecule has 0 aromatic carbocycles. The maximum atomic E-state index is 10.8. The highest BCUT2D eigenvalue weighted by molar-refractivity contribution is 6.31. The summed E-state index contributed by atoms with van der Waals surface area (Å²) in [6.45, 7) is 1.68. The van der Waals surface area contributed by atoms with Crippen LogP contribution in [0, 0.1) is 0 Å². The minimum Gasteiger partial charge on any atom is -0.472 e. The third-order valence-corrected chi connectivity index (χ3v) is 2.15. The van der Waals surface area contributed by atoms with E-state index in [9.17, 15) is 4.79 Å². The number of carboxylic acid groups (broad SMARTS) is 1. The molecule has 0 unspecified atom stereocenters. The molecule has 0 radical (unpaired) electrons. The summed E-state index contributed by atoms with van der Waals surface area (Å²) in [7, 11) is 3.65. The predicted octanol–water partition coefficient (Wildman–Crippen LogP) is -0.163. The third kappa shape index (κ3) is 1.75. The molecule has 1 N–H and O–H groups in total. The zero-order valence-electron chi connectivity index (χ0n) is 7.58. The molecule has 1 heterocycles. The highest BCUT2D eigenvalue weighted by atomic mass is 16.4. The van der Waals surface area contributed by atoms with Gasteiger partial charge in [0.25, 0.3) is 0 Å². The minimum absolute atomic E-state index is 0.410. The molecule has 0 fully saturated rings. The average Bonchev–Trinajstić information content (AvgIpc) is 2.11. The molecule has 4 heteroatoms. The quantitative estimate of drug-likeness (QED) is 0.557. The van der Waals surface area contributed by atoms with Crippen LogP contribution in [0.1, 0.15) is 12.8 Å². The maximum Gasteiger partial charge on any atom is 0.418 e. The van der Waals surface area contributed by atoms with Crippen molar-refractivity contribution in [3.05, 3.63) is 0 Å². The van der Waals surface area contributed by atoms with Crippen LogP contribution in [0.2, 0.25) is 0 Å². The van der Waals surface area contributed by atoms with E-state index in [1.165, 1.54) is 0 Å². The van der Waals surface area contributed by atoms with Gasteiger partial charge in [-0.1, -0.05) is 0 Å². The van der Waals surface area contributed by atoms with Crippen LogP contribution in [0.25, 0.3) is 0 Å². The van der Waals surface area contributed by atoms with Crippen LogP contribution >= 0.6 is 0 Å². The molecule has 1 aliphatic rings. The van der Waals surface area contributed by atoms with Gasteiger partial charge in [0.15, 0.2) is 0 Å². The van der Waals surface area contributed by atoms with E-state index in [1.54, 1.807) is 9.48 Å². The van der Waals surface area contributed by atoms with Crippen LogP contribution in [-0.2, 0) is 4.79 Å². The van der Waals surface area contributed by atoms with Gasteiger partial charge in [-0.3, -0.25) is 9.48 Å². The first kappa shape index (κ1) is 9.03. The van der Waals surface area contributed by atoms with Crippen molar-refractivity contribution in [2.75, 3.05) is 27.2 Å². The zero-order valence-corrected chi connectivity index (χ0v) is 7.58. The minimum atomic E-state index is -0.832. The van der Waals surface area contributed by atoms with Gasteiger partial charge >= 0.3 is 11.8 Å². The molecule has 0 amide bonds. The van der Waals surface area contributed by atoms with E-state index < -0.39 is 5.97 Å². The fourth-order valence-electron chi connectivity index (χ4n) is 1.53. The van der Waals surface area contributed by atoms with Crippen molar-refractivity contribution in [3.63, 3.8) is 0 Å². The van der Waals surface area contributed by atoms with Crippen molar-refractivity contribution in [1.29, 1.82) is 0 Å². The summed E-state index contributed by atoms with van der Waals surface area (Å²) >= 11 is 0. The van der Waals surface area contributed by atoms with E-state index in [2.05, 4.69) is 0 Å². The topological polar surface area (TPSA) is 43.5 Å². The van der Waals surface area contributed by atoms with E-state index >= 15 is 0 Å². The fourth-order valence-corrected chi connectivity index (χ4v) is 1.53. The zero-order chi connectivity index (χ0) is 9.14. The first-order chi connectivity index (χ1) is 5.63. The van der Waals surface area contributed by atoms with Gasteiger partial charge in [-0.25, -0.2) is 4.79 Å². The first-order valence-corrected chi connectivity index (χ1v) is 4.15. The van der Waals surface area contributed by atoms with Gasteiger partial charge in [0.1, 0.15) is 0 Å². The number of hydrogen-bond donors (Lipinski definition) is 1. The molecule has 12 heavy (non-hydrogen) atoms. The molecule has 1 aliphatic heterocycles. The number of aliphatic carboxylic acids is 1. The summed E-state index contributed by atoms with van der Waals surface area (Å²) in [6.07, 6.45) is 2.13. The second-order valence-corrected chi connectivity index (χ2v) is 3.18. The molecule has 0 aromatic rings. The average molecular weight is 171 g/mol. The highest BCUT2D eigenvalue weighted by Crippen LogP contribution is 2.00. The number of nitrogens with zero attached hydrogens (tertiary/aromatic N) is 2. The van der Waals surface area contributed by atoms with Crippen LogP contribution in [-0.4, -0.2) is 53.6 Å². The van der Waals surface area contributed by atoms with Gasteiger partial charge in [0.05, 0.1) is 27.2 Å². The summed E-state index contributed by atoms with van der Waals surface area (Å²) in [6, 6.07) is 0. The summed E-state index contributed by atoms with van der Waals surface area (Å²) in [5.74, 6) is -0.422. The summed E-state index contributed by atoms with van der Waals surface area (Å²) in [5, 5.41) is 8.88. The Labute approximate surface area is 72.1 Å². The van der Waals surface area contributed by atoms with E-state index in [0.29, 0.717) is 5.84 Å². The number of amidine groups is 1. The Bertz CT molecular complexity index is 223. The van der Waals surface area contributed by atoms with E-state index in [0.717, 1.165) is 25.9 Å². The fraction of sp³-hybridized carbons (Fsp3) is 0.750. The maximum absolute atomic E-state index is 10.8. The summed E-state index contributed by atoms with van der Waals surface area (Å²) in [5.41, 5.74) is 0. The predicted molar refractivity (Wildman–Crippen MR) is 45.6 cm³/mol. The number of rotatable bonds is 1. The number of likely N-dealkylation sites (N-methyl/N-ethyl adjacent to an activating group) is 1. The van der Waals surface area contributed by atoms with Gasteiger partial charge < -0.3 is 5.11 Å². The molecule has 0 saturated carbocycles. The molecule has 0 aromatic heterocycles. The Kier molecular flexibility index (Phi) is 2.68. The molecule has 0 spiro atoms. The molecule has 0 atom stereocenters. The number of carboxylic acids is 1.